The first-order valence-electron chi connectivity index (χ1n) is 4.92. The Morgan fingerprint density at radius 1 is 1.53 bits per heavy atom. The van der Waals surface area contributed by atoms with Crippen molar-refractivity contribution < 1.29 is 14.6 Å². The van der Waals surface area contributed by atoms with Crippen LogP contribution in [0.4, 0.5) is 0 Å². The molecule has 1 N–H and O–H groups in total. The summed E-state index contributed by atoms with van der Waals surface area (Å²) in [6, 6.07) is 4.03. The van der Waals surface area contributed by atoms with E-state index in [1.54, 1.807) is 18.9 Å². The number of aryl methyl sites for hydroxylation is 1. The standard InChI is InChI=1S/C11H14O3S/c1-13-9-6-11-10(14-7-15-11)5-8(9)3-2-4-12/h5-6,12H,2-4,7H2,1H3. The van der Waals surface area contributed by atoms with Crippen LogP contribution in [0.3, 0.4) is 0 Å². The maximum Gasteiger partial charge on any atom is 0.138 e. The van der Waals surface area contributed by atoms with Gasteiger partial charge in [-0.15, -0.1) is 0 Å². The second kappa shape index (κ2) is 4.77. The molecule has 1 heterocycles. The van der Waals surface area contributed by atoms with E-state index in [2.05, 4.69) is 0 Å². The Kier molecular flexibility index (Phi) is 3.38. The van der Waals surface area contributed by atoms with Gasteiger partial charge in [0.25, 0.3) is 0 Å². The number of aliphatic hydroxyl groups is 1. The van der Waals surface area contributed by atoms with Crippen LogP contribution in [0, 0.1) is 0 Å². The quantitative estimate of drug-likeness (QED) is 0.853. The Hall–Kier alpha value is -0.870. The zero-order chi connectivity index (χ0) is 10.7. The minimum atomic E-state index is 0.204. The minimum absolute atomic E-state index is 0.204. The molecule has 2 rings (SSSR count). The van der Waals surface area contributed by atoms with Crippen molar-refractivity contribution in [3.63, 3.8) is 0 Å². The molecule has 0 amide bonds. The Morgan fingerprint density at radius 2 is 2.40 bits per heavy atom. The Labute approximate surface area is 93.4 Å². The summed E-state index contributed by atoms with van der Waals surface area (Å²) in [6.45, 7) is 0.204. The van der Waals surface area contributed by atoms with Gasteiger partial charge in [0.15, 0.2) is 0 Å². The summed E-state index contributed by atoms with van der Waals surface area (Å²) >= 11 is 1.68. The summed E-state index contributed by atoms with van der Waals surface area (Å²) in [5.41, 5.74) is 1.10. The topological polar surface area (TPSA) is 38.7 Å². The van der Waals surface area contributed by atoms with Gasteiger partial charge in [-0.2, -0.15) is 0 Å². The number of aliphatic hydroxyl groups excluding tert-OH is 1. The van der Waals surface area contributed by atoms with Gasteiger partial charge in [-0.25, -0.2) is 0 Å². The molecule has 0 fully saturated rings. The lowest BCUT2D eigenvalue weighted by Crippen LogP contribution is -1.95. The third-order valence-corrected chi connectivity index (χ3v) is 3.25. The van der Waals surface area contributed by atoms with E-state index in [0.29, 0.717) is 5.94 Å². The van der Waals surface area contributed by atoms with Crippen molar-refractivity contribution in [2.45, 2.75) is 17.7 Å². The smallest absolute Gasteiger partial charge is 0.138 e. The summed E-state index contributed by atoms with van der Waals surface area (Å²) in [7, 11) is 1.67. The Balaban J connectivity index is 2.27. The van der Waals surface area contributed by atoms with E-state index in [1.165, 1.54) is 0 Å². The predicted molar refractivity (Wildman–Crippen MR) is 59.8 cm³/mol. The number of hydrogen-bond acceptors (Lipinski definition) is 4. The number of hydrogen-bond donors (Lipinski definition) is 1. The fourth-order valence-electron chi connectivity index (χ4n) is 1.62. The van der Waals surface area contributed by atoms with E-state index < -0.39 is 0 Å². The highest BCUT2D eigenvalue weighted by atomic mass is 32.2. The Morgan fingerprint density at radius 3 is 3.13 bits per heavy atom. The number of fused-ring (bicyclic) bond motifs is 1. The minimum Gasteiger partial charge on any atom is -0.496 e. The zero-order valence-corrected chi connectivity index (χ0v) is 9.47. The van der Waals surface area contributed by atoms with E-state index in [4.69, 9.17) is 14.6 Å². The summed E-state index contributed by atoms with van der Waals surface area (Å²) in [5.74, 6) is 2.51. The van der Waals surface area contributed by atoms with Crippen molar-refractivity contribution in [3.8, 4) is 11.5 Å². The summed E-state index contributed by atoms with van der Waals surface area (Å²) in [5, 5.41) is 8.81. The van der Waals surface area contributed by atoms with Gasteiger partial charge < -0.3 is 14.6 Å². The molecule has 0 spiro atoms. The first kappa shape index (κ1) is 10.6. The summed E-state index contributed by atoms with van der Waals surface area (Å²) in [4.78, 5) is 1.14. The van der Waals surface area contributed by atoms with Crippen LogP contribution in [0.15, 0.2) is 17.0 Å². The maximum atomic E-state index is 8.81. The first-order valence-corrected chi connectivity index (χ1v) is 5.91. The normalized spacial score (nSPS) is 13.5. The van der Waals surface area contributed by atoms with Gasteiger partial charge in [-0.1, -0.05) is 11.8 Å². The molecule has 1 aromatic carbocycles. The fraction of sp³-hybridized carbons (Fsp3) is 0.455. The summed E-state index contributed by atoms with van der Waals surface area (Å²) < 4.78 is 10.8. The van der Waals surface area contributed by atoms with Crippen LogP contribution in [0.1, 0.15) is 12.0 Å². The zero-order valence-electron chi connectivity index (χ0n) is 8.66. The molecule has 3 nitrogen and oxygen atoms in total. The number of methoxy groups -OCH3 is 1. The molecule has 1 aliphatic rings. The van der Waals surface area contributed by atoms with Gasteiger partial charge in [0, 0.05) is 6.61 Å². The number of rotatable bonds is 4. The third kappa shape index (κ3) is 2.21. The van der Waals surface area contributed by atoms with Crippen LogP contribution in [0.25, 0.3) is 0 Å². The highest BCUT2D eigenvalue weighted by molar-refractivity contribution is 7.99. The lowest BCUT2D eigenvalue weighted by molar-refractivity contribution is 0.287. The highest BCUT2D eigenvalue weighted by Gasteiger charge is 2.16. The van der Waals surface area contributed by atoms with Gasteiger partial charge in [0.1, 0.15) is 17.4 Å². The molecule has 15 heavy (non-hydrogen) atoms. The van der Waals surface area contributed by atoms with Gasteiger partial charge in [0.2, 0.25) is 0 Å². The highest BCUT2D eigenvalue weighted by Crippen LogP contribution is 2.40. The second-order valence-electron chi connectivity index (χ2n) is 3.34. The summed E-state index contributed by atoms with van der Waals surface area (Å²) in [6.07, 6.45) is 1.57. The van der Waals surface area contributed by atoms with Crippen LogP contribution >= 0.6 is 11.8 Å². The molecule has 0 aromatic heterocycles. The van der Waals surface area contributed by atoms with E-state index in [-0.39, 0.29) is 6.61 Å². The molecule has 0 atom stereocenters. The van der Waals surface area contributed by atoms with Gasteiger partial charge in [-0.3, -0.25) is 0 Å². The molecular weight excluding hydrogens is 212 g/mol. The predicted octanol–water partition coefficient (Wildman–Crippen LogP) is 2.06. The van der Waals surface area contributed by atoms with Gasteiger partial charge >= 0.3 is 0 Å². The average molecular weight is 226 g/mol. The average Bonchev–Trinajstić information content (AvgIpc) is 2.71. The number of ether oxygens (including phenoxy) is 2. The molecule has 0 unspecified atom stereocenters. The van der Waals surface area contributed by atoms with Crippen LogP contribution < -0.4 is 9.47 Å². The third-order valence-electron chi connectivity index (χ3n) is 2.38. The molecule has 1 aromatic rings. The lowest BCUT2D eigenvalue weighted by atomic mass is 10.1. The SMILES string of the molecule is COc1cc2c(cc1CCCO)OCS2. The number of benzene rings is 1. The molecule has 1 aliphatic heterocycles. The van der Waals surface area contributed by atoms with E-state index >= 15 is 0 Å². The van der Waals surface area contributed by atoms with E-state index in [0.717, 1.165) is 34.8 Å². The maximum absolute atomic E-state index is 8.81. The van der Waals surface area contributed by atoms with Crippen LogP contribution in [-0.4, -0.2) is 24.8 Å². The van der Waals surface area contributed by atoms with Crippen LogP contribution in [0.2, 0.25) is 0 Å². The van der Waals surface area contributed by atoms with Crippen molar-refractivity contribution in [2.75, 3.05) is 19.7 Å². The Bertz CT molecular complexity index is 352. The van der Waals surface area contributed by atoms with E-state index in [1.807, 2.05) is 12.1 Å². The molecule has 4 heteroatoms. The number of thioether (sulfide) groups is 1. The van der Waals surface area contributed by atoms with Crippen molar-refractivity contribution in [1.29, 1.82) is 0 Å². The van der Waals surface area contributed by atoms with Crippen LogP contribution in [0.5, 0.6) is 11.5 Å². The lowest BCUT2D eigenvalue weighted by Gasteiger charge is -2.09. The molecule has 0 aliphatic carbocycles. The van der Waals surface area contributed by atoms with Crippen molar-refractivity contribution in [2.24, 2.45) is 0 Å². The van der Waals surface area contributed by atoms with Gasteiger partial charge in [0.05, 0.1) is 12.0 Å². The van der Waals surface area contributed by atoms with Crippen molar-refractivity contribution in [3.05, 3.63) is 17.7 Å². The molecule has 0 saturated carbocycles. The molecule has 0 radical (unpaired) electrons. The largest absolute Gasteiger partial charge is 0.496 e. The van der Waals surface area contributed by atoms with Crippen molar-refractivity contribution >= 4 is 11.8 Å². The monoisotopic (exact) mass is 226 g/mol. The van der Waals surface area contributed by atoms with Crippen molar-refractivity contribution in [1.82, 2.24) is 0 Å². The first-order chi connectivity index (χ1) is 7.35. The molecule has 82 valence electrons. The van der Waals surface area contributed by atoms with E-state index in [9.17, 15) is 0 Å². The fourth-order valence-corrected chi connectivity index (χ4v) is 2.38. The molecule has 0 saturated heterocycles. The molecular formula is C11H14O3S. The van der Waals surface area contributed by atoms with Gasteiger partial charge in [-0.05, 0) is 30.5 Å². The van der Waals surface area contributed by atoms with Crippen LogP contribution in [-0.2, 0) is 6.42 Å². The molecule has 0 bridgehead atoms. The second-order valence-corrected chi connectivity index (χ2v) is 4.31.